The molecule has 0 N–H and O–H groups in total. The Labute approximate surface area is 96.1 Å². The van der Waals surface area contributed by atoms with Crippen molar-refractivity contribution < 1.29 is 27.4 Å². The standard InChI is InChI=1S/C11H11F3O3/c1-3-16-10(15)9-5-4-8(6-7(9)2)17-11(12,13)14/h4-6H,3H2,1-2H3. The molecule has 0 bridgehead atoms. The predicted molar refractivity (Wildman–Crippen MR) is 53.8 cm³/mol. The summed E-state index contributed by atoms with van der Waals surface area (Å²) in [7, 11) is 0. The molecular formula is C11H11F3O3. The summed E-state index contributed by atoms with van der Waals surface area (Å²) in [5.41, 5.74) is 0.589. The van der Waals surface area contributed by atoms with Gasteiger partial charge < -0.3 is 9.47 Å². The van der Waals surface area contributed by atoms with E-state index in [1.165, 1.54) is 13.0 Å². The first kappa shape index (κ1) is 13.3. The first-order chi connectivity index (χ1) is 7.83. The largest absolute Gasteiger partial charge is 0.573 e. The van der Waals surface area contributed by atoms with Crippen molar-refractivity contribution in [3.8, 4) is 5.75 Å². The Hall–Kier alpha value is -1.72. The van der Waals surface area contributed by atoms with E-state index in [9.17, 15) is 18.0 Å². The highest BCUT2D eigenvalue weighted by Gasteiger charge is 2.31. The molecule has 0 radical (unpaired) electrons. The lowest BCUT2D eigenvalue weighted by atomic mass is 10.1. The molecule has 1 aromatic rings. The Bertz CT molecular complexity index is 413. The van der Waals surface area contributed by atoms with Crippen molar-refractivity contribution in [1.29, 1.82) is 0 Å². The smallest absolute Gasteiger partial charge is 0.462 e. The monoisotopic (exact) mass is 248 g/mol. The normalized spacial score (nSPS) is 11.1. The van der Waals surface area contributed by atoms with Crippen molar-refractivity contribution in [2.45, 2.75) is 20.2 Å². The Morgan fingerprint density at radius 3 is 2.47 bits per heavy atom. The average molecular weight is 248 g/mol. The minimum atomic E-state index is -4.74. The zero-order valence-electron chi connectivity index (χ0n) is 9.30. The molecule has 6 heteroatoms. The predicted octanol–water partition coefficient (Wildman–Crippen LogP) is 3.07. The summed E-state index contributed by atoms with van der Waals surface area (Å²) in [4.78, 5) is 11.4. The summed E-state index contributed by atoms with van der Waals surface area (Å²) < 4.78 is 44.3. The SMILES string of the molecule is CCOC(=O)c1ccc(OC(F)(F)F)cc1C. The van der Waals surface area contributed by atoms with Gasteiger partial charge in [0, 0.05) is 0 Å². The molecule has 0 atom stereocenters. The Morgan fingerprint density at radius 2 is 2.00 bits per heavy atom. The molecule has 1 rings (SSSR count). The summed E-state index contributed by atoms with van der Waals surface area (Å²) in [6.45, 7) is 3.36. The Balaban J connectivity index is 2.90. The third-order valence-electron chi connectivity index (χ3n) is 1.93. The van der Waals surface area contributed by atoms with E-state index >= 15 is 0 Å². The summed E-state index contributed by atoms with van der Waals surface area (Å²) in [5, 5.41) is 0. The minimum Gasteiger partial charge on any atom is -0.462 e. The maximum atomic E-state index is 11.9. The van der Waals surface area contributed by atoms with Crippen LogP contribution in [0.5, 0.6) is 5.75 Å². The van der Waals surface area contributed by atoms with E-state index in [0.29, 0.717) is 5.56 Å². The van der Waals surface area contributed by atoms with Gasteiger partial charge in [-0.15, -0.1) is 13.2 Å². The summed E-state index contributed by atoms with van der Waals surface area (Å²) in [5.74, 6) is -0.924. The number of halogens is 3. The second kappa shape index (κ2) is 5.07. The molecule has 0 saturated heterocycles. The van der Waals surface area contributed by atoms with Crippen LogP contribution >= 0.6 is 0 Å². The van der Waals surface area contributed by atoms with Gasteiger partial charge in [-0.25, -0.2) is 4.79 Å². The fourth-order valence-electron chi connectivity index (χ4n) is 1.27. The van der Waals surface area contributed by atoms with Gasteiger partial charge in [0.2, 0.25) is 0 Å². The number of carbonyl (C=O) groups is 1. The number of esters is 1. The van der Waals surface area contributed by atoms with Gasteiger partial charge in [0.15, 0.2) is 0 Å². The topological polar surface area (TPSA) is 35.5 Å². The average Bonchev–Trinajstić information content (AvgIpc) is 2.15. The van der Waals surface area contributed by atoms with Gasteiger partial charge in [-0.1, -0.05) is 0 Å². The number of hydrogen-bond acceptors (Lipinski definition) is 3. The second-order valence-corrected chi connectivity index (χ2v) is 3.25. The summed E-state index contributed by atoms with van der Waals surface area (Å²) in [6.07, 6.45) is -4.74. The van der Waals surface area contributed by atoms with E-state index in [1.807, 2.05) is 0 Å². The van der Waals surface area contributed by atoms with E-state index in [1.54, 1.807) is 6.92 Å². The van der Waals surface area contributed by atoms with Gasteiger partial charge in [0.1, 0.15) is 5.75 Å². The van der Waals surface area contributed by atoms with Gasteiger partial charge >= 0.3 is 12.3 Å². The van der Waals surface area contributed by atoms with E-state index < -0.39 is 12.3 Å². The van der Waals surface area contributed by atoms with Gasteiger partial charge in [-0.2, -0.15) is 0 Å². The number of rotatable bonds is 3. The molecule has 0 amide bonds. The highest BCUT2D eigenvalue weighted by molar-refractivity contribution is 5.91. The first-order valence-electron chi connectivity index (χ1n) is 4.87. The molecular weight excluding hydrogens is 237 g/mol. The minimum absolute atomic E-state index is 0.207. The van der Waals surface area contributed by atoms with E-state index in [-0.39, 0.29) is 17.9 Å². The summed E-state index contributed by atoms with van der Waals surface area (Å²) >= 11 is 0. The molecule has 94 valence electrons. The molecule has 0 aromatic heterocycles. The molecule has 0 aliphatic carbocycles. The molecule has 0 spiro atoms. The number of hydrogen-bond donors (Lipinski definition) is 0. The lowest BCUT2D eigenvalue weighted by Crippen LogP contribution is -2.17. The fourth-order valence-corrected chi connectivity index (χ4v) is 1.27. The van der Waals surface area contributed by atoms with Crippen LogP contribution in [0.1, 0.15) is 22.8 Å². The van der Waals surface area contributed by atoms with E-state index in [0.717, 1.165) is 12.1 Å². The molecule has 0 aliphatic rings. The first-order valence-corrected chi connectivity index (χ1v) is 4.87. The lowest BCUT2D eigenvalue weighted by molar-refractivity contribution is -0.274. The highest BCUT2D eigenvalue weighted by atomic mass is 19.4. The molecule has 0 aliphatic heterocycles. The molecule has 0 fully saturated rings. The molecule has 0 unspecified atom stereocenters. The van der Waals surface area contributed by atoms with Gasteiger partial charge in [0.05, 0.1) is 12.2 Å². The van der Waals surface area contributed by atoms with Crippen LogP contribution in [0.2, 0.25) is 0 Å². The third-order valence-corrected chi connectivity index (χ3v) is 1.93. The highest BCUT2D eigenvalue weighted by Crippen LogP contribution is 2.25. The van der Waals surface area contributed by atoms with Crippen LogP contribution < -0.4 is 4.74 Å². The second-order valence-electron chi connectivity index (χ2n) is 3.25. The number of alkyl halides is 3. The van der Waals surface area contributed by atoms with Crippen molar-refractivity contribution >= 4 is 5.97 Å². The third kappa shape index (κ3) is 3.97. The van der Waals surface area contributed by atoms with Crippen LogP contribution in [-0.4, -0.2) is 18.9 Å². The molecule has 0 saturated carbocycles. The van der Waals surface area contributed by atoms with E-state index in [2.05, 4.69) is 4.74 Å². The van der Waals surface area contributed by atoms with Gasteiger partial charge in [0.25, 0.3) is 0 Å². The number of benzene rings is 1. The van der Waals surface area contributed by atoms with Crippen molar-refractivity contribution in [1.82, 2.24) is 0 Å². The lowest BCUT2D eigenvalue weighted by Gasteiger charge is -2.11. The van der Waals surface area contributed by atoms with Crippen LogP contribution in [0.3, 0.4) is 0 Å². The van der Waals surface area contributed by atoms with Crippen molar-refractivity contribution in [3.63, 3.8) is 0 Å². The van der Waals surface area contributed by atoms with Crippen molar-refractivity contribution in [2.75, 3.05) is 6.61 Å². The number of aryl methyl sites for hydroxylation is 1. The van der Waals surface area contributed by atoms with Crippen molar-refractivity contribution in [3.05, 3.63) is 29.3 Å². The van der Waals surface area contributed by atoms with Crippen LogP contribution in [0.25, 0.3) is 0 Å². The van der Waals surface area contributed by atoms with E-state index in [4.69, 9.17) is 4.74 Å². The quantitative estimate of drug-likeness (QED) is 0.771. The zero-order chi connectivity index (χ0) is 13.1. The van der Waals surface area contributed by atoms with Gasteiger partial charge in [-0.3, -0.25) is 0 Å². The van der Waals surface area contributed by atoms with Gasteiger partial charge in [-0.05, 0) is 37.6 Å². The zero-order valence-corrected chi connectivity index (χ0v) is 9.30. The molecule has 17 heavy (non-hydrogen) atoms. The molecule has 3 nitrogen and oxygen atoms in total. The van der Waals surface area contributed by atoms with Crippen molar-refractivity contribution in [2.24, 2.45) is 0 Å². The van der Waals surface area contributed by atoms with Crippen LogP contribution in [0.15, 0.2) is 18.2 Å². The maximum absolute atomic E-state index is 11.9. The fraction of sp³-hybridized carbons (Fsp3) is 0.364. The Morgan fingerprint density at radius 1 is 1.35 bits per heavy atom. The number of ether oxygens (including phenoxy) is 2. The Kier molecular flexibility index (Phi) is 3.98. The van der Waals surface area contributed by atoms with Crippen LogP contribution in [0, 0.1) is 6.92 Å². The summed E-state index contributed by atoms with van der Waals surface area (Å²) in [6, 6.07) is 3.46. The number of carbonyl (C=O) groups excluding carboxylic acids is 1. The molecule has 1 aromatic carbocycles. The maximum Gasteiger partial charge on any atom is 0.573 e. The van der Waals surface area contributed by atoms with Crippen LogP contribution in [-0.2, 0) is 4.74 Å². The van der Waals surface area contributed by atoms with Crippen LogP contribution in [0.4, 0.5) is 13.2 Å². The molecule has 0 heterocycles.